The molecule has 4 atom stereocenters. The maximum atomic E-state index is 3.51. The Labute approximate surface area is 87.0 Å². The average molecular weight is 194 g/mol. The van der Waals surface area contributed by atoms with Gasteiger partial charge in [-0.05, 0) is 45.1 Å². The van der Waals surface area contributed by atoms with Crippen molar-refractivity contribution in [3.8, 4) is 0 Å². The van der Waals surface area contributed by atoms with Crippen molar-refractivity contribution in [1.82, 2.24) is 10.2 Å². The maximum Gasteiger partial charge on any atom is 0.0252 e. The normalized spacial score (nSPS) is 47.8. The lowest BCUT2D eigenvalue weighted by atomic mass is 10.1. The standard InChI is InChI=1S/C12H22N2/c1-13-11-3-2-4-12(11)14-8-9-5-6-10(14)7-9/h9-13H,2-8H2,1H3. The molecule has 4 unspecified atom stereocenters. The molecule has 1 heterocycles. The molecule has 80 valence electrons. The molecule has 0 aromatic rings. The van der Waals surface area contributed by atoms with Gasteiger partial charge in [-0.15, -0.1) is 0 Å². The molecule has 1 saturated heterocycles. The van der Waals surface area contributed by atoms with Crippen LogP contribution in [0.4, 0.5) is 0 Å². The van der Waals surface area contributed by atoms with Gasteiger partial charge in [0.15, 0.2) is 0 Å². The van der Waals surface area contributed by atoms with E-state index in [4.69, 9.17) is 0 Å². The summed E-state index contributed by atoms with van der Waals surface area (Å²) in [5.41, 5.74) is 0. The lowest BCUT2D eigenvalue weighted by Gasteiger charge is -2.36. The molecule has 3 aliphatic rings. The van der Waals surface area contributed by atoms with Crippen molar-refractivity contribution in [2.45, 2.75) is 56.7 Å². The molecule has 2 saturated carbocycles. The van der Waals surface area contributed by atoms with Crippen LogP contribution >= 0.6 is 0 Å². The number of piperidine rings is 1. The molecule has 0 aromatic carbocycles. The van der Waals surface area contributed by atoms with Crippen LogP contribution in [-0.2, 0) is 0 Å². The van der Waals surface area contributed by atoms with Crippen LogP contribution in [0.25, 0.3) is 0 Å². The second kappa shape index (κ2) is 3.49. The fourth-order valence-electron chi connectivity index (χ4n) is 4.04. The zero-order valence-corrected chi connectivity index (χ0v) is 9.21. The van der Waals surface area contributed by atoms with E-state index in [0.717, 1.165) is 24.0 Å². The van der Waals surface area contributed by atoms with Gasteiger partial charge in [0.05, 0.1) is 0 Å². The molecular weight excluding hydrogens is 172 g/mol. The quantitative estimate of drug-likeness (QED) is 0.718. The Kier molecular flexibility index (Phi) is 2.29. The summed E-state index contributed by atoms with van der Waals surface area (Å²) >= 11 is 0. The molecule has 0 spiro atoms. The second-order valence-corrected chi connectivity index (χ2v) is 5.42. The molecule has 3 rings (SSSR count). The first-order valence-corrected chi connectivity index (χ1v) is 6.31. The van der Waals surface area contributed by atoms with E-state index in [1.807, 2.05) is 0 Å². The van der Waals surface area contributed by atoms with Gasteiger partial charge in [-0.1, -0.05) is 6.42 Å². The Morgan fingerprint density at radius 3 is 2.71 bits per heavy atom. The van der Waals surface area contributed by atoms with E-state index in [-0.39, 0.29) is 0 Å². The Morgan fingerprint density at radius 1 is 1.14 bits per heavy atom. The topological polar surface area (TPSA) is 15.3 Å². The predicted molar refractivity (Wildman–Crippen MR) is 58.3 cm³/mol. The van der Waals surface area contributed by atoms with Gasteiger partial charge in [0, 0.05) is 24.7 Å². The molecule has 2 bridgehead atoms. The number of hydrogen-bond donors (Lipinski definition) is 1. The number of rotatable bonds is 2. The van der Waals surface area contributed by atoms with Gasteiger partial charge < -0.3 is 5.32 Å². The van der Waals surface area contributed by atoms with E-state index in [0.29, 0.717) is 0 Å². The van der Waals surface area contributed by atoms with Crippen LogP contribution in [0.1, 0.15) is 38.5 Å². The van der Waals surface area contributed by atoms with Gasteiger partial charge in [0.25, 0.3) is 0 Å². The molecule has 0 radical (unpaired) electrons. The summed E-state index contributed by atoms with van der Waals surface area (Å²) in [6.45, 7) is 1.41. The molecular formula is C12H22N2. The van der Waals surface area contributed by atoms with E-state index in [1.54, 1.807) is 0 Å². The Morgan fingerprint density at radius 2 is 2.07 bits per heavy atom. The molecule has 1 N–H and O–H groups in total. The minimum Gasteiger partial charge on any atom is -0.315 e. The maximum absolute atomic E-state index is 3.51. The fourth-order valence-corrected chi connectivity index (χ4v) is 4.04. The van der Waals surface area contributed by atoms with E-state index < -0.39 is 0 Å². The second-order valence-electron chi connectivity index (χ2n) is 5.42. The van der Waals surface area contributed by atoms with Crippen LogP contribution in [0.15, 0.2) is 0 Å². The van der Waals surface area contributed by atoms with Crippen LogP contribution in [0.3, 0.4) is 0 Å². The average Bonchev–Trinajstić information content (AvgIpc) is 2.92. The predicted octanol–water partition coefficient (Wildman–Crippen LogP) is 1.61. The summed E-state index contributed by atoms with van der Waals surface area (Å²) in [6, 6.07) is 2.61. The first-order chi connectivity index (χ1) is 6.88. The Bertz CT molecular complexity index is 212. The number of nitrogens with zero attached hydrogens (tertiary/aromatic N) is 1. The summed E-state index contributed by atoms with van der Waals surface area (Å²) in [5, 5.41) is 3.51. The summed E-state index contributed by atoms with van der Waals surface area (Å²) in [6.07, 6.45) is 8.77. The Hall–Kier alpha value is -0.0800. The zero-order chi connectivity index (χ0) is 9.54. The molecule has 2 nitrogen and oxygen atoms in total. The monoisotopic (exact) mass is 194 g/mol. The van der Waals surface area contributed by atoms with E-state index in [9.17, 15) is 0 Å². The van der Waals surface area contributed by atoms with Gasteiger partial charge in [0.1, 0.15) is 0 Å². The van der Waals surface area contributed by atoms with E-state index in [1.165, 1.54) is 45.1 Å². The largest absolute Gasteiger partial charge is 0.315 e. The number of nitrogens with one attached hydrogen (secondary N) is 1. The van der Waals surface area contributed by atoms with Crippen LogP contribution in [0.5, 0.6) is 0 Å². The Balaban J connectivity index is 1.70. The van der Waals surface area contributed by atoms with Crippen molar-refractivity contribution >= 4 is 0 Å². The number of hydrogen-bond acceptors (Lipinski definition) is 2. The van der Waals surface area contributed by atoms with Gasteiger partial charge in [0.2, 0.25) is 0 Å². The van der Waals surface area contributed by atoms with Gasteiger partial charge in [-0.2, -0.15) is 0 Å². The van der Waals surface area contributed by atoms with Crippen molar-refractivity contribution in [2.75, 3.05) is 13.6 Å². The lowest BCUT2D eigenvalue weighted by Crippen LogP contribution is -2.48. The first-order valence-electron chi connectivity index (χ1n) is 6.31. The zero-order valence-electron chi connectivity index (χ0n) is 9.21. The highest BCUT2D eigenvalue weighted by molar-refractivity contribution is 5.00. The molecule has 0 aromatic heterocycles. The molecule has 3 fully saturated rings. The first kappa shape index (κ1) is 9.17. The summed E-state index contributed by atoms with van der Waals surface area (Å²) in [5.74, 6) is 1.05. The molecule has 2 heteroatoms. The molecule has 1 aliphatic heterocycles. The van der Waals surface area contributed by atoms with Crippen molar-refractivity contribution in [1.29, 1.82) is 0 Å². The van der Waals surface area contributed by atoms with Crippen LogP contribution < -0.4 is 5.32 Å². The molecule has 0 amide bonds. The molecule has 2 aliphatic carbocycles. The third kappa shape index (κ3) is 1.31. The van der Waals surface area contributed by atoms with Crippen molar-refractivity contribution in [3.63, 3.8) is 0 Å². The highest BCUT2D eigenvalue weighted by atomic mass is 15.2. The number of likely N-dealkylation sites (N-methyl/N-ethyl adjacent to an activating group) is 1. The fraction of sp³-hybridized carbons (Fsp3) is 1.00. The lowest BCUT2D eigenvalue weighted by molar-refractivity contribution is 0.133. The third-order valence-corrected chi connectivity index (χ3v) is 4.73. The highest BCUT2D eigenvalue weighted by Crippen LogP contribution is 2.41. The van der Waals surface area contributed by atoms with Crippen LogP contribution in [0.2, 0.25) is 0 Å². The van der Waals surface area contributed by atoms with Gasteiger partial charge in [-0.3, -0.25) is 4.90 Å². The summed E-state index contributed by atoms with van der Waals surface area (Å²) in [4.78, 5) is 2.84. The number of likely N-dealkylation sites (tertiary alicyclic amines) is 1. The third-order valence-electron chi connectivity index (χ3n) is 4.73. The van der Waals surface area contributed by atoms with Crippen molar-refractivity contribution < 1.29 is 0 Å². The highest BCUT2D eigenvalue weighted by Gasteiger charge is 2.43. The summed E-state index contributed by atoms with van der Waals surface area (Å²) in [7, 11) is 2.14. The van der Waals surface area contributed by atoms with Gasteiger partial charge in [-0.25, -0.2) is 0 Å². The van der Waals surface area contributed by atoms with Crippen molar-refractivity contribution in [2.24, 2.45) is 5.92 Å². The smallest absolute Gasteiger partial charge is 0.0252 e. The molecule has 14 heavy (non-hydrogen) atoms. The summed E-state index contributed by atoms with van der Waals surface area (Å²) < 4.78 is 0. The van der Waals surface area contributed by atoms with Crippen molar-refractivity contribution in [3.05, 3.63) is 0 Å². The number of fused-ring (bicyclic) bond motifs is 2. The minimum absolute atomic E-state index is 0.786. The van der Waals surface area contributed by atoms with Crippen LogP contribution in [0, 0.1) is 5.92 Å². The SMILES string of the molecule is CNC1CCCC1N1CC2CCC1C2. The van der Waals surface area contributed by atoms with E-state index in [2.05, 4.69) is 17.3 Å². The van der Waals surface area contributed by atoms with Gasteiger partial charge >= 0.3 is 0 Å². The minimum atomic E-state index is 0.786. The van der Waals surface area contributed by atoms with E-state index >= 15 is 0 Å². The van der Waals surface area contributed by atoms with Crippen LogP contribution in [-0.4, -0.2) is 36.6 Å².